The molecule has 2 aromatic heterocycles. The zero-order valence-corrected chi connectivity index (χ0v) is 12.7. The summed E-state index contributed by atoms with van der Waals surface area (Å²) in [6.45, 7) is 4.74. The molecule has 1 amide bonds. The minimum Gasteiger partial charge on any atom is -0.370 e. The molecule has 0 aliphatic heterocycles. The maximum Gasteiger partial charge on any atom is 0.219 e. The molecule has 19 heavy (non-hydrogen) atoms. The second-order valence-electron chi connectivity index (χ2n) is 5.16. The molecule has 0 aromatic carbocycles. The van der Waals surface area contributed by atoms with Crippen molar-refractivity contribution in [1.29, 1.82) is 0 Å². The monoisotopic (exact) mass is 294 g/mol. The Bertz CT molecular complexity index is 544. The Morgan fingerprint density at radius 2 is 2.21 bits per heavy atom. The van der Waals surface area contributed by atoms with Crippen LogP contribution in [0.5, 0.6) is 0 Å². The molecule has 0 fully saturated rings. The number of thiophene rings is 2. The van der Waals surface area contributed by atoms with Crippen LogP contribution in [-0.2, 0) is 11.3 Å². The summed E-state index contributed by atoms with van der Waals surface area (Å²) in [5, 5.41) is 7.63. The van der Waals surface area contributed by atoms with Crippen molar-refractivity contribution in [3.8, 4) is 10.4 Å². The molecule has 0 unspecified atom stereocenters. The topological polar surface area (TPSA) is 55.1 Å². The molecule has 0 aliphatic carbocycles. The number of nitrogens with one attached hydrogen (secondary N) is 1. The van der Waals surface area contributed by atoms with Crippen LogP contribution in [-0.4, -0.2) is 11.4 Å². The van der Waals surface area contributed by atoms with Crippen LogP contribution >= 0.6 is 22.7 Å². The van der Waals surface area contributed by atoms with Crippen molar-refractivity contribution in [2.24, 2.45) is 5.73 Å². The van der Waals surface area contributed by atoms with Gasteiger partial charge in [0, 0.05) is 33.8 Å². The van der Waals surface area contributed by atoms with E-state index in [4.69, 9.17) is 5.73 Å². The highest BCUT2D eigenvalue weighted by Gasteiger charge is 2.19. The molecule has 3 N–H and O–H groups in total. The molecule has 102 valence electrons. The highest BCUT2D eigenvalue weighted by atomic mass is 32.1. The van der Waals surface area contributed by atoms with Crippen LogP contribution in [0.4, 0.5) is 0 Å². The normalized spacial score (nSPS) is 11.7. The van der Waals surface area contributed by atoms with Gasteiger partial charge in [-0.15, -0.1) is 22.7 Å². The third kappa shape index (κ3) is 4.16. The highest BCUT2D eigenvalue weighted by molar-refractivity contribution is 7.14. The van der Waals surface area contributed by atoms with Crippen LogP contribution < -0.4 is 11.1 Å². The predicted octanol–water partition coefficient (Wildman–Crippen LogP) is 3.22. The molecule has 3 nitrogen and oxygen atoms in total. The Morgan fingerprint density at radius 1 is 1.42 bits per heavy atom. The van der Waals surface area contributed by atoms with Crippen molar-refractivity contribution >= 4 is 28.6 Å². The lowest BCUT2D eigenvalue weighted by atomic mass is 10.0. The standard InChI is InChI=1S/C14H18N2OS2/c1-14(2,7-13(15)17)16-8-11-6-10(9-19-11)12-4-3-5-18-12/h3-6,9,16H,7-8H2,1-2H3,(H2,15,17). The van der Waals surface area contributed by atoms with Crippen LogP contribution in [0.15, 0.2) is 29.0 Å². The molecule has 0 spiro atoms. The Morgan fingerprint density at radius 3 is 2.84 bits per heavy atom. The van der Waals surface area contributed by atoms with E-state index in [1.807, 2.05) is 13.8 Å². The quantitative estimate of drug-likeness (QED) is 0.859. The first kappa shape index (κ1) is 14.2. The second kappa shape index (κ2) is 5.86. The number of carbonyl (C=O) groups is 1. The molecule has 2 aromatic rings. The third-order valence-electron chi connectivity index (χ3n) is 2.82. The number of primary amides is 1. The summed E-state index contributed by atoms with van der Waals surface area (Å²) < 4.78 is 0. The van der Waals surface area contributed by atoms with E-state index >= 15 is 0 Å². The van der Waals surface area contributed by atoms with Gasteiger partial charge in [0.05, 0.1) is 0 Å². The van der Waals surface area contributed by atoms with Gasteiger partial charge in [-0.1, -0.05) is 6.07 Å². The summed E-state index contributed by atoms with van der Waals surface area (Å²) in [6, 6.07) is 6.39. The maximum absolute atomic E-state index is 11.0. The number of hydrogen-bond acceptors (Lipinski definition) is 4. The number of nitrogens with two attached hydrogens (primary N) is 1. The van der Waals surface area contributed by atoms with E-state index in [1.165, 1.54) is 15.3 Å². The van der Waals surface area contributed by atoms with Crippen molar-refractivity contribution in [1.82, 2.24) is 5.32 Å². The number of carbonyl (C=O) groups excluding carboxylic acids is 1. The summed E-state index contributed by atoms with van der Waals surface area (Å²) in [6.07, 6.45) is 0.343. The van der Waals surface area contributed by atoms with Crippen LogP contribution in [0.1, 0.15) is 25.1 Å². The van der Waals surface area contributed by atoms with Crippen molar-refractivity contribution in [3.05, 3.63) is 33.8 Å². The van der Waals surface area contributed by atoms with Gasteiger partial charge in [0.1, 0.15) is 0 Å². The molecular formula is C14H18N2OS2. The van der Waals surface area contributed by atoms with Gasteiger partial charge < -0.3 is 11.1 Å². The molecule has 0 saturated heterocycles. The SMILES string of the molecule is CC(C)(CC(N)=O)NCc1cc(-c2cccs2)cs1. The van der Waals surface area contributed by atoms with E-state index in [0.717, 1.165) is 6.54 Å². The summed E-state index contributed by atoms with van der Waals surface area (Å²) >= 11 is 3.48. The van der Waals surface area contributed by atoms with Gasteiger partial charge in [0.15, 0.2) is 0 Å². The lowest BCUT2D eigenvalue weighted by Gasteiger charge is -2.24. The summed E-state index contributed by atoms with van der Waals surface area (Å²) in [5.41, 5.74) is 6.24. The fourth-order valence-corrected chi connectivity index (χ4v) is 3.48. The van der Waals surface area contributed by atoms with Crippen molar-refractivity contribution in [2.75, 3.05) is 0 Å². The molecule has 2 heterocycles. The van der Waals surface area contributed by atoms with Gasteiger partial charge in [-0.05, 0) is 36.7 Å². The van der Waals surface area contributed by atoms with Crippen LogP contribution in [0.25, 0.3) is 10.4 Å². The van der Waals surface area contributed by atoms with E-state index in [1.54, 1.807) is 22.7 Å². The van der Waals surface area contributed by atoms with Gasteiger partial charge in [-0.25, -0.2) is 0 Å². The molecule has 2 rings (SSSR count). The minimum absolute atomic E-state index is 0.265. The Hall–Kier alpha value is -1.17. The molecule has 0 aliphatic rings. The van der Waals surface area contributed by atoms with Crippen molar-refractivity contribution in [3.63, 3.8) is 0 Å². The lowest BCUT2D eigenvalue weighted by Crippen LogP contribution is -2.42. The number of rotatable bonds is 6. The summed E-state index contributed by atoms with van der Waals surface area (Å²) in [5.74, 6) is -0.275. The number of hydrogen-bond donors (Lipinski definition) is 2. The van der Waals surface area contributed by atoms with Gasteiger partial charge in [0.2, 0.25) is 5.91 Å². The van der Waals surface area contributed by atoms with E-state index in [0.29, 0.717) is 6.42 Å². The molecule has 0 atom stereocenters. The number of amides is 1. The molecular weight excluding hydrogens is 276 g/mol. The smallest absolute Gasteiger partial charge is 0.219 e. The molecule has 5 heteroatoms. The Balaban J connectivity index is 1.95. The fraction of sp³-hybridized carbons (Fsp3) is 0.357. The van der Waals surface area contributed by atoms with Crippen molar-refractivity contribution in [2.45, 2.75) is 32.4 Å². The van der Waals surface area contributed by atoms with Crippen molar-refractivity contribution < 1.29 is 4.79 Å². The first-order chi connectivity index (χ1) is 8.96. The van der Waals surface area contributed by atoms with Gasteiger partial charge in [-0.2, -0.15) is 0 Å². The van der Waals surface area contributed by atoms with Crippen LogP contribution in [0.2, 0.25) is 0 Å². The van der Waals surface area contributed by atoms with Gasteiger partial charge in [0.25, 0.3) is 0 Å². The maximum atomic E-state index is 11.0. The highest BCUT2D eigenvalue weighted by Crippen LogP contribution is 2.29. The second-order valence-corrected chi connectivity index (χ2v) is 7.10. The van der Waals surface area contributed by atoms with Crippen LogP contribution in [0.3, 0.4) is 0 Å². The largest absolute Gasteiger partial charge is 0.370 e. The zero-order chi connectivity index (χ0) is 13.9. The lowest BCUT2D eigenvalue weighted by molar-refractivity contribution is -0.119. The van der Waals surface area contributed by atoms with Crippen LogP contribution in [0, 0.1) is 0 Å². The van der Waals surface area contributed by atoms with E-state index in [2.05, 4.69) is 34.3 Å². The Labute approximate surface area is 121 Å². The molecule has 0 saturated carbocycles. The van der Waals surface area contributed by atoms with E-state index in [-0.39, 0.29) is 11.4 Å². The molecule has 0 bridgehead atoms. The zero-order valence-electron chi connectivity index (χ0n) is 11.1. The first-order valence-electron chi connectivity index (χ1n) is 6.11. The molecule has 0 radical (unpaired) electrons. The average Bonchev–Trinajstić information content (AvgIpc) is 2.96. The van der Waals surface area contributed by atoms with Gasteiger partial charge >= 0.3 is 0 Å². The predicted molar refractivity (Wildman–Crippen MR) is 82.4 cm³/mol. The summed E-state index contributed by atoms with van der Waals surface area (Å²) in [4.78, 5) is 13.5. The average molecular weight is 294 g/mol. The van der Waals surface area contributed by atoms with Gasteiger partial charge in [-0.3, -0.25) is 4.79 Å². The van der Waals surface area contributed by atoms with E-state index < -0.39 is 0 Å². The Kier molecular flexibility index (Phi) is 4.39. The minimum atomic E-state index is -0.275. The summed E-state index contributed by atoms with van der Waals surface area (Å²) in [7, 11) is 0. The fourth-order valence-electron chi connectivity index (χ4n) is 1.87. The first-order valence-corrected chi connectivity index (χ1v) is 7.87. The van der Waals surface area contributed by atoms with E-state index in [9.17, 15) is 4.79 Å². The third-order valence-corrected chi connectivity index (χ3v) is 4.67.